The molecule has 15 heteroatoms. The fraction of sp³-hybridized carbons (Fsp3) is 0.412. The molecule has 3 aliphatic rings. The first kappa shape index (κ1) is 22.5. The number of carbonyl (C=O) groups excluding carboxylic acids is 2. The Morgan fingerprint density at radius 1 is 1.53 bits per heavy atom. The summed E-state index contributed by atoms with van der Waals surface area (Å²) in [6.07, 6.45) is 1.54. The number of nitrogens with one attached hydrogen (secondary N) is 2. The minimum Gasteiger partial charge on any atom is -0.490 e. The average molecular weight is 499 g/mol. The topological polar surface area (TPSA) is 159 Å². The van der Waals surface area contributed by atoms with Gasteiger partial charge in [0, 0.05) is 22.7 Å². The van der Waals surface area contributed by atoms with Crippen LogP contribution in [0.3, 0.4) is 0 Å². The number of carbonyl (C=O) groups is 3. The van der Waals surface area contributed by atoms with E-state index in [0.29, 0.717) is 28.7 Å². The lowest BCUT2D eigenvalue weighted by Gasteiger charge is -2.49. The molecule has 3 N–H and O–H groups in total. The highest BCUT2D eigenvalue weighted by molar-refractivity contribution is 8.02. The summed E-state index contributed by atoms with van der Waals surface area (Å²) in [4.78, 5) is 43.5. The van der Waals surface area contributed by atoms with Crippen molar-refractivity contribution in [1.29, 1.82) is 0 Å². The number of rotatable bonds is 8. The summed E-state index contributed by atoms with van der Waals surface area (Å²) in [5.41, 5.74) is 0.468. The van der Waals surface area contributed by atoms with Gasteiger partial charge in [0.15, 0.2) is 5.76 Å². The molecular weight excluding hydrogens is 480 g/mol. The number of β-lactam (4-membered cyclic amide) rings is 1. The van der Waals surface area contributed by atoms with Crippen molar-refractivity contribution in [1.82, 2.24) is 25.6 Å². The molecule has 1 saturated heterocycles. The van der Waals surface area contributed by atoms with Crippen molar-refractivity contribution in [2.24, 2.45) is 5.16 Å². The van der Waals surface area contributed by atoms with Crippen molar-refractivity contribution >= 4 is 58.8 Å². The molecule has 2 amide bonds. The molecule has 32 heavy (non-hydrogen) atoms. The number of aromatic amines is 1. The maximum atomic E-state index is 12.8. The van der Waals surface area contributed by atoms with Crippen LogP contribution in [0.25, 0.3) is 0 Å². The molecule has 0 spiro atoms. The van der Waals surface area contributed by atoms with Crippen molar-refractivity contribution in [3.05, 3.63) is 28.6 Å². The first-order valence-corrected chi connectivity index (χ1v) is 12.3. The number of fused-ring (bicyclic) bond motifs is 1. The van der Waals surface area contributed by atoms with Crippen LogP contribution in [0.4, 0.5) is 0 Å². The van der Waals surface area contributed by atoms with Crippen LogP contribution in [-0.2, 0) is 24.0 Å². The van der Waals surface area contributed by atoms with Crippen LogP contribution < -0.4 is 5.32 Å². The largest absolute Gasteiger partial charge is 0.490 e. The molecule has 2 unspecified atom stereocenters. The van der Waals surface area contributed by atoms with Crippen LogP contribution >= 0.6 is 35.3 Å². The molecule has 0 radical (unpaired) electrons. The number of aliphatic carboxylic acids is 1. The highest BCUT2D eigenvalue weighted by atomic mass is 32.2. The van der Waals surface area contributed by atoms with Gasteiger partial charge in [-0.25, -0.2) is 4.79 Å². The predicted octanol–water partition coefficient (Wildman–Crippen LogP) is 0.243. The van der Waals surface area contributed by atoms with Gasteiger partial charge in [-0.05, 0) is 5.57 Å². The molecule has 1 aromatic rings. The summed E-state index contributed by atoms with van der Waals surface area (Å²) in [7, 11) is 1.31. The van der Waals surface area contributed by atoms with E-state index >= 15 is 0 Å². The number of hydrogen-bond acceptors (Lipinski definition) is 11. The number of carboxylic acids is 1. The Hall–Kier alpha value is -2.65. The van der Waals surface area contributed by atoms with Gasteiger partial charge >= 0.3 is 5.97 Å². The molecule has 0 aliphatic carbocycles. The number of H-pyrrole nitrogens is 1. The second-order valence-corrected chi connectivity index (χ2v) is 9.62. The van der Waals surface area contributed by atoms with E-state index in [1.807, 2.05) is 0 Å². The number of ether oxygens (including phenoxy) is 1. The molecule has 4 rings (SSSR count). The summed E-state index contributed by atoms with van der Waals surface area (Å²) in [6.45, 7) is 0.420. The number of aromatic nitrogens is 3. The Labute approximate surface area is 194 Å². The summed E-state index contributed by atoms with van der Waals surface area (Å²) >= 11 is 4.18. The maximum Gasteiger partial charge on any atom is 0.352 e. The molecular formula is C17H18N6O6S3. The first-order valence-electron chi connectivity index (χ1n) is 9.26. The van der Waals surface area contributed by atoms with Gasteiger partial charge in [-0.1, -0.05) is 16.9 Å². The van der Waals surface area contributed by atoms with Gasteiger partial charge in [0.2, 0.25) is 5.71 Å². The van der Waals surface area contributed by atoms with E-state index in [1.165, 1.54) is 53.5 Å². The highest BCUT2D eigenvalue weighted by Gasteiger charge is 2.54. The Bertz CT molecular complexity index is 1010. The smallest absolute Gasteiger partial charge is 0.352 e. The normalized spacial score (nSPS) is 23.0. The van der Waals surface area contributed by atoms with E-state index in [9.17, 15) is 19.5 Å². The first-order chi connectivity index (χ1) is 15.5. The van der Waals surface area contributed by atoms with Gasteiger partial charge in [-0.2, -0.15) is 10.3 Å². The molecule has 1 aromatic heterocycles. The molecule has 3 aliphatic heterocycles. The number of amides is 2. The Kier molecular flexibility index (Phi) is 6.95. The zero-order valence-electron chi connectivity index (χ0n) is 16.6. The van der Waals surface area contributed by atoms with E-state index in [4.69, 9.17) is 9.57 Å². The van der Waals surface area contributed by atoms with Crippen molar-refractivity contribution in [3.63, 3.8) is 0 Å². The van der Waals surface area contributed by atoms with Crippen LogP contribution in [0.2, 0.25) is 0 Å². The van der Waals surface area contributed by atoms with E-state index in [1.54, 1.807) is 5.41 Å². The molecule has 2 atom stereocenters. The van der Waals surface area contributed by atoms with Crippen LogP contribution in [-0.4, -0.2) is 91.3 Å². The van der Waals surface area contributed by atoms with Crippen LogP contribution in [0, 0.1) is 0 Å². The minimum atomic E-state index is -1.19. The standard InChI is InChI=1S/C17H18N6O6S3/c1-28-21-11(9-7-30-3-2-29-9)14(24)19-12-15(25)23-13(17(26)27)8(6-32-16(12)23)5-31-10-4-18-22-20-10/h4,7,12,16H,2-3,5-6H2,1H3,(H,19,24)(H,26,27)(H,18,20,22)/b21-11+. The van der Waals surface area contributed by atoms with E-state index in [-0.39, 0.29) is 17.2 Å². The third-order valence-electron chi connectivity index (χ3n) is 4.60. The lowest BCUT2D eigenvalue weighted by molar-refractivity contribution is -0.150. The Morgan fingerprint density at radius 2 is 2.38 bits per heavy atom. The van der Waals surface area contributed by atoms with Crippen molar-refractivity contribution in [3.8, 4) is 0 Å². The van der Waals surface area contributed by atoms with Gasteiger partial charge in [0.1, 0.15) is 29.2 Å². The van der Waals surface area contributed by atoms with Crippen molar-refractivity contribution in [2.45, 2.75) is 16.4 Å². The third-order valence-corrected chi connectivity index (χ3v) is 7.71. The summed E-state index contributed by atoms with van der Waals surface area (Å²) in [6, 6.07) is -0.884. The van der Waals surface area contributed by atoms with E-state index < -0.39 is 29.2 Å². The predicted molar refractivity (Wildman–Crippen MR) is 118 cm³/mol. The molecule has 1 fully saturated rings. The number of carboxylic acid groups (broad SMARTS) is 1. The van der Waals surface area contributed by atoms with Gasteiger partial charge in [0.25, 0.3) is 11.8 Å². The fourth-order valence-corrected chi connectivity index (χ4v) is 6.10. The summed E-state index contributed by atoms with van der Waals surface area (Å²) in [5, 5.41) is 28.0. The fourth-order valence-electron chi connectivity index (χ4n) is 3.21. The lowest BCUT2D eigenvalue weighted by atomic mass is 10.0. The SMILES string of the molecule is CO/N=C(/C(=O)NC1C(=O)N2C(C(=O)O)=C(CSc3cn[nH]n3)CSC12)C1=CSCCO1. The van der Waals surface area contributed by atoms with Gasteiger partial charge in [0.05, 0.1) is 12.8 Å². The molecule has 0 saturated carbocycles. The Balaban J connectivity index is 1.47. The second kappa shape index (κ2) is 9.87. The molecule has 170 valence electrons. The van der Waals surface area contributed by atoms with Crippen molar-refractivity contribution < 1.29 is 29.1 Å². The molecule has 0 bridgehead atoms. The van der Waals surface area contributed by atoms with Crippen molar-refractivity contribution in [2.75, 3.05) is 31.0 Å². The molecule has 0 aromatic carbocycles. The third kappa shape index (κ3) is 4.45. The monoisotopic (exact) mass is 498 g/mol. The molecule has 4 heterocycles. The minimum absolute atomic E-state index is 0.0549. The summed E-state index contributed by atoms with van der Waals surface area (Å²) in [5.74, 6) is -0.557. The Morgan fingerprint density at radius 3 is 3.03 bits per heavy atom. The van der Waals surface area contributed by atoms with Gasteiger partial charge in [-0.15, -0.1) is 28.6 Å². The van der Waals surface area contributed by atoms with E-state index in [2.05, 4.69) is 25.9 Å². The van der Waals surface area contributed by atoms with Crippen LogP contribution in [0.1, 0.15) is 0 Å². The number of nitrogens with zero attached hydrogens (tertiary/aromatic N) is 4. The second-order valence-electron chi connectivity index (χ2n) is 6.54. The quantitative estimate of drug-likeness (QED) is 0.195. The average Bonchev–Trinajstić information content (AvgIpc) is 3.33. The van der Waals surface area contributed by atoms with Gasteiger partial charge < -0.3 is 20.0 Å². The lowest BCUT2D eigenvalue weighted by Crippen LogP contribution is -2.71. The summed E-state index contributed by atoms with van der Waals surface area (Å²) < 4.78 is 5.47. The number of hydrogen-bond donors (Lipinski definition) is 3. The van der Waals surface area contributed by atoms with Crippen LogP contribution in [0.5, 0.6) is 0 Å². The maximum absolute atomic E-state index is 12.8. The zero-order chi connectivity index (χ0) is 22.7. The number of oxime groups is 1. The van der Waals surface area contributed by atoms with E-state index in [0.717, 1.165) is 5.75 Å². The zero-order valence-corrected chi connectivity index (χ0v) is 19.1. The van der Waals surface area contributed by atoms with Gasteiger partial charge in [-0.3, -0.25) is 14.5 Å². The molecule has 12 nitrogen and oxygen atoms in total. The number of thioether (sulfide) groups is 3. The highest BCUT2D eigenvalue weighted by Crippen LogP contribution is 2.41. The van der Waals surface area contributed by atoms with Crippen LogP contribution in [0.15, 0.2) is 38.8 Å².